The molecule has 0 aromatic heterocycles. The Morgan fingerprint density at radius 2 is 0.929 bits per heavy atom. The van der Waals surface area contributed by atoms with Crippen LogP contribution < -0.4 is 0 Å². The van der Waals surface area contributed by atoms with E-state index in [9.17, 15) is 0 Å². The van der Waals surface area contributed by atoms with E-state index in [4.69, 9.17) is 0 Å². The minimum atomic E-state index is 0.385. The summed E-state index contributed by atoms with van der Waals surface area (Å²) >= 11 is 0. The van der Waals surface area contributed by atoms with Gasteiger partial charge in [0, 0.05) is 5.92 Å². The van der Waals surface area contributed by atoms with E-state index in [0.717, 1.165) is 12.8 Å². The lowest BCUT2D eigenvalue weighted by atomic mass is 9.88. The summed E-state index contributed by atoms with van der Waals surface area (Å²) in [5.74, 6) is 0.385. The lowest BCUT2D eigenvalue weighted by molar-refractivity contribution is 0.921. The van der Waals surface area contributed by atoms with Crippen molar-refractivity contribution < 1.29 is 0 Å². The van der Waals surface area contributed by atoms with Crippen LogP contribution in [0.1, 0.15) is 46.2 Å². The van der Waals surface area contributed by atoms with Crippen molar-refractivity contribution in [1.82, 2.24) is 0 Å². The van der Waals surface area contributed by atoms with Crippen LogP contribution in [-0.4, -0.2) is 0 Å². The van der Waals surface area contributed by atoms with Crippen LogP contribution in [0.4, 0.5) is 0 Å². The average Bonchev–Trinajstić information content (AvgIpc) is 3.30. The van der Waals surface area contributed by atoms with E-state index in [1.54, 1.807) is 0 Å². The minimum absolute atomic E-state index is 0.385. The van der Waals surface area contributed by atoms with Crippen molar-refractivity contribution in [3.63, 3.8) is 0 Å². The Hall–Kier alpha value is -3.12. The Labute approximate surface area is 166 Å². The molecule has 0 fully saturated rings. The average molecular weight is 358 g/mol. The molecule has 28 heavy (non-hydrogen) atoms. The molecule has 0 N–H and O–H groups in total. The van der Waals surface area contributed by atoms with E-state index in [-0.39, 0.29) is 0 Å². The van der Waals surface area contributed by atoms with E-state index in [1.807, 2.05) is 0 Å². The van der Waals surface area contributed by atoms with Crippen LogP contribution in [0.3, 0.4) is 0 Å². The molecular formula is C28H22. The van der Waals surface area contributed by atoms with Gasteiger partial charge in [-0.15, -0.1) is 0 Å². The first-order valence-corrected chi connectivity index (χ1v) is 10.2. The fraction of sp³-hybridized carbons (Fsp3) is 0.143. The van der Waals surface area contributed by atoms with Gasteiger partial charge in [0.15, 0.2) is 0 Å². The molecule has 0 heterocycles. The van der Waals surface area contributed by atoms with Gasteiger partial charge in [-0.05, 0) is 68.5 Å². The lowest BCUT2D eigenvalue weighted by Gasteiger charge is -2.16. The maximum atomic E-state index is 2.42. The van der Waals surface area contributed by atoms with Crippen molar-refractivity contribution in [1.29, 1.82) is 0 Å². The highest BCUT2D eigenvalue weighted by Crippen LogP contribution is 2.41. The largest absolute Gasteiger partial charge is 0.0619 e. The molecule has 0 heteroatoms. The molecule has 6 rings (SSSR count). The van der Waals surface area contributed by atoms with Gasteiger partial charge in [0.25, 0.3) is 0 Å². The van der Waals surface area contributed by atoms with Crippen molar-refractivity contribution in [2.24, 2.45) is 0 Å². The third kappa shape index (κ3) is 2.31. The summed E-state index contributed by atoms with van der Waals surface area (Å²) in [6, 6.07) is 31.8. The lowest BCUT2D eigenvalue weighted by Crippen LogP contribution is -1.98. The molecule has 4 aromatic rings. The molecule has 0 saturated heterocycles. The highest BCUT2D eigenvalue weighted by atomic mass is 14.3. The minimum Gasteiger partial charge on any atom is -0.0619 e. The van der Waals surface area contributed by atoms with Crippen molar-refractivity contribution in [3.05, 3.63) is 118 Å². The number of hydrogen-bond donors (Lipinski definition) is 0. The highest BCUT2D eigenvalue weighted by molar-refractivity contribution is 5.79. The predicted octanol–water partition coefficient (Wildman–Crippen LogP) is 6.98. The smallest absolute Gasteiger partial charge is 0.00614 e. The summed E-state index contributed by atoms with van der Waals surface area (Å²) in [6.07, 6.45) is 2.13. The summed E-state index contributed by atoms with van der Waals surface area (Å²) in [7, 11) is 0. The number of benzene rings is 4. The van der Waals surface area contributed by atoms with Crippen molar-refractivity contribution in [2.75, 3.05) is 0 Å². The monoisotopic (exact) mass is 358 g/mol. The topological polar surface area (TPSA) is 0 Å². The molecule has 0 amide bonds. The molecule has 2 aliphatic carbocycles. The Balaban J connectivity index is 1.41. The molecule has 0 bridgehead atoms. The quantitative estimate of drug-likeness (QED) is 0.313. The Bertz CT molecular complexity index is 1130. The normalized spacial score (nSPS) is 13.2. The molecule has 0 nitrogen and oxygen atoms in total. The SMILES string of the molecule is CC(c1ccc2c(c1)-c1ccccc1C2)c1ccc2c(c1)-c1ccccc1C2. The van der Waals surface area contributed by atoms with Gasteiger partial charge < -0.3 is 0 Å². The molecule has 0 spiro atoms. The zero-order valence-corrected chi connectivity index (χ0v) is 16.1. The molecule has 0 aliphatic heterocycles. The van der Waals surface area contributed by atoms with Crippen molar-refractivity contribution in [3.8, 4) is 22.3 Å². The molecule has 4 aromatic carbocycles. The fourth-order valence-corrected chi connectivity index (χ4v) is 5.01. The van der Waals surface area contributed by atoms with Gasteiger partial charge in [-0.1, -0.05) is 91.9 Å². The molecule has 134 valence electrons. The summed E-state index contributed by atoms with van der Waals surface area (Å²) < 4.78 is 0. The zero-order valence-electron chi connectivity index (χ0n) is 16.1. The molecular weight excluding hydrogens is 336 g/mol. The first-order valence-electron chi connectivity index (χ1n) is 10.2. The van der Waals surface area contributed by atoms with Crippen molar-refractivity contribution in [2.45, 2.75) is 25.7 Å². The first-order chi connectivity index (χ1) is 13.8. The van der Waals surface area contributed by atoms with Gasteiger partial charge >= 0.3 is 0 Å². The molecule has 0 atom stereocenters. The van der Waals surface area contributed by atoms with Crippen LogP contribution in [-0.2, 0) is 12.8 Å². The first kappa shape index (κ1) is 15.9. The second-order valence-electron chi connectivity index (χ2n) is 8.22. The van der Waals surface area contributed by atoms with Crippen LogP contribution in [0.25, 0.3) is 22.3 Å². The maximum Gasteiger partial charge on any atom is 0.00614 e. The Morgan fingerprint density at radius 1 is 0.500 bits per heavy atom. The van der Waals surface area contributed by atoms with E-state index in [2.05, 4.69) is 91.9 Å². The van der Waals surface area contributed by atoms with Gasteiger partial charge in [0.2, 0.25) is 0 Å². The van der Waals surface area contributed by atoms with Crippen LogP contribution in [0, 0.1) is 0 Å². The predicted molar refractivity (Wildman–Crippen MR) is 117 cm³/mol. The third-order valence-corrected chi connectivity index (χ3v) is 6.64. The van der Waals surface area contributed by atoms with Gasteiger partial charge in [-0.2, -0.15) is 0 Å². The second-order valence-corrected chi connectivity index (χ2v) is 8.22. The summed E-state index contributed by atoms with van der Waals surface area (Å²) in [4.78, 5) is 0. The van der Waals surface area contributed by atoms with Gasteiger partial charge in [-0.25, -0.2) is 0 Å². The van der Waals surface area contributed by atoms with Crippen LogP contribution in [0.5, 0.6) is 0 Å². The van der Waals surface area contributed by atoms with E-state index in [0.29, 0.717) is 5.92 Å². The van der Waals surface area contributed by atoms with Crippen LogP contribution in [0.2, 0.25) is 0 Å². The Kier molecular flexibility index (Phi) is 3.37. The van der Waals surface area contributed by atoms with Crippen molar-refractivity contribution >= 4 is 0 Å². The molecule has 0 saturated carbocycles. The van der Waals surface area contributed by atoms with Gasteiger partial charge in [-0.3, -0.25) is 0 Å². The maximum absolute atomic E-state index is 2.42. The zero-order chi connectivity index (χ0) is 18.7. The number of hydrogen-bond acceptors (Lipinski definition) is 0. The van der Waals surface area contributed by atoms with E-state index >= 15 is 0 Å². The van der Waals surface area contributed by atoms with Crippen LogP contribution in [0.15, 0.2) is 84.9 Å². The summed E-state index contributed by atoms with van der Waals surface area (Å²) in [5.41, 5.74) is 14.3. The van der Waals surface area contributed by atoms with E-state index in [1.165, 1.54) is 55.6 Å². The number of fused-ring (bicyclic) bond motifs is 6. The standard InChI is InChI=1S/C28H22/c1-18(19-10-12-23-14-21-6-2-4-8-25(21)27(23)16-19)20-11-13-24-15-22-7-3-5-9-26(22)28(24)17-20/h2-13,16-18H,14-15H2,1H3. The third-order valence-electron chi connectivity index (χ3n) is 6.64. The van der Waals surface area contributed by atoms with E-state index < -0.39 is 0 Å². The van der Waals surface area contributed by atoms with Gasteiger partial charge in [0.1, 0.15) is 0 Å². The highest BCUT2D eigenvalue weighted by Gasteiger charge is 2.22. The van der Waals surface area contributed by atoms with Crippen LogP contribution >= 0.6 is 0 Å². The molecule has 0 unspecified atom stereocenters. The molecule has 2 aliphatic rings. The summed E-state index contributed by atoms with van der Waals surface area (Å²) in [5, 5.41) is 0. The number of rotatable bonds is 2. The fourth-order valence-electron chi connectivity index (χ4n) is 5.01. The van der Waals surface area contributed by atoms with Gasteiger partial charge in [0.05, 0.1) is 0 Å². The summed E-state index contributed by atoms with van der Waals surface area (Å²) in [6.45, 7) is 2.34. The molecule has 0 radical (unpaired) electrons. The second kappa shape index (κ2) is 5.94. The Morgan fingerprint density at radius 3 is 1.43 bits per heavy atom.